The Hall–Kier alpha value is -2.88. The molecule has 0 bridgehead atoms. The number of nitro benzene ring substituents is 1. The van der Waals surface area contributed by atoms with Gasteiger partial charge < -0.3 is 11.5 Å². The highest BCUT2D eigenvalue weighted by atomic mass is 16.6. The summed E-state index contributed by atoms with van der Waals surface area (Å²) in [5.41, 5.74) is 9.96. The topological polar surface area (TPSA) is 129 Å². The molecule has 4 N–H and O–H groups in total. The molecule has 7 nitrogen and oxygen atoms in total. The highest BCUT2D eigenvalue weighted by molar-refractivity contribution is 5.95. The van der Waals surface area contributed by atoms with Crippen LogP contribution in [-0.2, 0) is 4.79 Å². The first-order chi connectivity index (χ1) is 8.32. The van der Waals surface area contributed by atoms with Crippen molar-refractivity contribution in [3.8, 4) is 11.8 Å². The van der Waals surface area contributed by atoms with Gasteiger partial charge in [0.15, 0.2) is 0 Å². The smallest absolute Gasteiger partial charge is 0.293 e. The molecule has 0 fully saturated rings. The van der Waals surface area contributed by atoms with E-state index in [1.54, 1.807) is 0 Å². The number of primary amides is 2. The number of carbonyl (C=O) groups is 2. The second-order valence-electron chi connectivity index (χ2n) is 3.40. The molecule has 2 amide bonds. The van der Waals surface area contributed by atoms with Crippen LogP contribution in [0.5, 0.6) is 0 Å². The number of hydrogen-bond acceptors (Lipinski definition) is 4. The molecule has 0 heterocycles. The number of nitro groups is 1. The van der Waals surface area contributed by atoms with E-state index >= 15 is 0 Å². The Bertz CT molecular complexity index is 611. The van der Waals surface area contributed by atoms with Crippen molar-refractivity contribution >= 4 is 17.5 Å². The van der Waals surface area contributed by atoms with E-state index < -0.39 is 16.7 Å². The summed E-state index contributed by atoms with van der Waals surface area (Å²) in [5.74, 6) is 2.72. The van der Waals surface area contributed by atoms with Crippen molar-refractivity contribution in [3.63, 3.8) is 0 Å². The van der Waals surface area contributed by atoms with Gasteiger partial charge in [0.1, 0.15) is 0 Å². The molecule has 1 aromatic carbocycles. The Kier molecular flexibility index (Phi) is 3.64. The van der Waals surface area contributed by atoms with Gasteiger partial charge in [0.2, 0.25) is 5.91 Å². The highest BCUT2D eigenvalue weighted by Crippen LogP contribution is 2.23. The molecule has 0 saturated carbocycles. The van der Waals surface area contributed by atoms with Gasteiger partial charge in [-0.2, -0.15) is 0 Å². The summed E-state index contributed by atoms with van der Waals surface area (Å²) in [6, 6.07) is 2.34. The number of amides is 2. The average Bonchev–Trinajstić information content (AvgIpc) is 2.26. The van der Waals surface area contributed by atoms with Gasteiger partial charge in [-0.1, -0.05) is 5.92 Å². The average molecular weight is 247 g/mol. The molecule has 0 aromatic heterocycles. The first kappa shape index (κ1) is 13.2. The Balaban J connectivity index is 3.51. The molecule has 0 aliphatic carbocycles. The number of nitrogens with zero attached hydrogens (tertiary/aromatic N) is 1. The second-order valence-corrected chi connectivity index (χ2v) is 3.40. The Morgan fingerprint density at radius 1 is 1.33 bits per heavy atom. The van der Waals surface area contributed by atoms with Crippen LogP contribution in [0.15, 0.2) is 12.1 Å². The van der Waals surface area contributed by atoms with Crippen LogP contribution in [-0.4, -0.2) is 16.7 Å². The van der Waals surface area contributed by atoms with Crippen LogP contribution in [0.3, 0.4) is 0 Å². The van der Waals surface area contributed by atoms with E-state index in [-0.39, 0.29) is 22.4 Å². The first-order valence-corrected chi connectivity index (χ1v) is 4.73. The first-order valence-electron chi connectivity index (χ1n) is 4.73. The minimum atomic E-state index is -0.874. The second kappa shape index (κ2) is 4.97. The normalized spacial score (nSPS) is 9.17. The molecule has 0 saturated heterocycles. The van der Waals surface area contributed by atoms with Gasteiger partial charge in [-0.05, 0) is 18.9 Å². The maximum Gasteiger partial charge on any atom is 0.293 e. The van der Waals surface area contributed by atoms with Crippen molar-refractivity contribution in [2.45, 2.75) is 6.92 Å². The number of benzene rings is 1. The molecule has 0 aliphatic heterocycles. The van der Waals surface area contributed by atoms with Crippen LogP contribution < -0.4 is 11.5 Å². The fraction of sp³-hybridized carbons (Fsp3) is 0.0909. The molecular formula is C11H9N3O4. The van der Waals surface area contributed by atoms with Gasteiger partial charge >= 0.3 is 0 Å². The molecule has 0 radical (unpaired) electrons. The summed E-state index contributed by atoms with van der Waals surface area (Å²) in [6.45, 7) is 1.45. The van der Waals surface area contributed by atoms with Crippen molar-refractivity contribution in [1.29, 1.82) is 0 Å². The molecule has 0 aliphatic rings. The van der Waals surface area contributed by atoms with Crippen molar-refractivity contribution < 1.29 is 14.5 Å². The van der Waals surface area contributed by atoms with E-state index in [2.05, 4.69) is 5.92 Å². The van der Waals surface area contributed by atoms with E-state index in [4.69, 9.17) is 11.5 Å². The third-order valence-electron chi connectivity index (χ3n) is 2.18. The van der Waals surface area contributed by atoms with Gasteiger partial charge in [0.25, 0.3) is 11.6 Å². The van der Waals surface area contributed by atoms with Crippen LogP contribution in [0.2, 0.25) is 0 Å². The van der Waals surface area contributed by atoms with Gasteiger partial charge in [0, 0.05) is 22.8 Å². The third kappa shape index (κ3) is 2.82. The Labute approximate surface area is 102 Å². The van der Waals surface area contributed by atoms with Crippen molar-refractivity contribution in [2.75, 3.05) is 0 Å². The van der Waals surface area contributed by atoms with Crippen molar-refractivity contribution in [3.05, 3.63) is 38.9 Å². The maximum absolute atomic E-state index is 11.0. The molecule has 0 atom stereocenters. The SMILES string of the molecule is Cc1c(C#CC(N)=O)cc(C(N)=O)cc1[N+](=O)[O-]. The molecule has 92 valence electrons. The monoisotopic (exact) mass is 247 g/mol. The molecule has 7 heteroatoms. The Morgan fingerprint density at radius 3 is 2.39 bits per heavy atom. The molecule has 18 heavy (non-hydrogen) atoms. The lowest BCUT2D eigenvalue weighted by atomic mass is 10.0. The van der Waals surface area contributed by atoms with Gasteiger partial charge in [-0.3, -0.25) is 19.7 Å². The number of hydrogen-bond donors (Lipinski definition) is 2. The van der Waals surface area contributed by atoms with E-state index in [0.717, 1.165) is 6.07 Å². The van der Waals surface area contributed by atoms with Crippen molar-refractivity contribution in [2.24, 2.45) is 11.5 Å². The van der Waals surface area contributed by atoms with E-state index in [0.29, 0.717) is 0 Å². The summed E-state index contributed by atoms with van der Waals surface area (Å²) < 4.78 is 0. The maximum atomic E-state index is 11.0. The van der Waals surface area contributed by atoms with E-state index in [1.165, 1.54) is 13.0 Å². The van der Waals surface area contributed by atoms with Crippen LogP contribution in [0.25, 0.3) is 0 Å². The highest BCUT2D eigenvalue weighted by Gasteiger charge is 2.17. The van der Waals surface area contributed by atoms with E-state index in [1.807, 2.05) is 5.92 Å². The predicted molar refractivity (Wildman–Crippen MR) is 62.4 cm³/mol. The summed E-state index contributed by atoms with van der Waals surface area (Å²) in [4.78, 5) is 31.7. The summed E-state index contributed by atoms with van der Waals surface area (Å²) >= 11 is 0. The molecule has 0 unspecified atom stereocenters. The number of nitrogens with two attached hydrogens (primary N) is 2. The quantitative estimate of drug-likeness (QED) is 0.427. The van der Waals surface area contributed by atoms with Crippen LogP contribution >= 0.6 is 0 Å². The third-order valence-corrected chi connectivity index (χ3v) is 2.18. The van der Waals surface area contributed by atoms with Gasteiger partial charge in [-0.15, -0.1) is 0 Å². The van der Waals surface area contributed by atoms with Crippen LogP contribution in [0, 0.1) is 28.9 Å². The fourth-order valence-corrected chi connectivity index (χ4v) is 1.29. The summed E-state index contributed by atoms with van der Waals surface area (Å²) in [6.07, 6.45) is 0. The summed E-state index contributed by atoms with van der Waals surface area (Å²) in [5, 5.41) is 10.8. The summed E-state index contributed by atoms with van der Waals surface area (Å²) in [7, 11) is 0. The molecule has 0 spiro atoms. The van der Waals surface area contributed by atoms with Crippen LogP contribution in [0.4, 0.5) is 5.69 Å². The minimum Gasteiger partial charge on any atom is -0.366 e. The van der Waals surface area contributed by atoms with Gasteiger partial charge in [-0.25, -0.2) is 0 Å². The van der Waals surface area contributed by atoms with Crippen LogP contribution in [0.1, 0.15) is 21.5 Å². The number of carbonyl (C=O) groups excluding carboxylic acids is 2. The zero-order valence-electron chi connectivity index (χ0n) is 9.39. The zero-order valence-corrected chi connectivity index (χ0v) is 9.39. The fourth-order valence-electron chi connectivity index (χ4n) is 1.29. The number of rotatable bonds is 2. The largest absolute Gasteiger partial charge is 0.366 e. The van der Waals surface area contributed by atoms with Gasteiger partial charge in [0.05, 0.1) is 4.92 Å². The zero-order chi connectivity index (χ0) is 13.9. The standard InChI is InChI=1S/C11H9N3O4/c1-6-7(2-3-10(12)15)4-8(11(13)16)5-9(6)14(17)18/h4-5H,1H3,(H2,12,15)(H2,13,16). The molecule has 1 rings (SSSR count). The van der Waals surface area contributed by atoms with E-state index in [9.17, 15) is 19.7 Å². The molecule has 1 aromatic rings. The predicted octanol–water partition coefficient (Wildman–Crippen LogP) is -0.161. The van der Waals surface area contributed by atoms with Crippen molar-refractivity contribution in [1.82, 2.24) is 0 Å². The Morgan fingerprint density at radius 2 is 1.94 bits per heavy atom. The minimum absolute atomic E-state index is 0.0546. The lowest BCUT2D eigenvalue weighted by Gasteiger charge is -2.03. The molecular weight excluding hydrogens is 238 g/mol. The lowest BCUT2D eigenvalue weighted by molar-refractivity contribution is -0.385. The lowest BCUT2D eigenvalue weighted by Crippen LogP contribution is -2.12.